The molecule has 0 atom stereocenters. The third-order valence-electron chi connectivity index (χ3n) is 5.45. The molecule has 4 aromatic heterocycles. The number of pyridine rings is 1. The van der Waals surface area contributed by atoms with Crippen molar-refractivity contribution in [2.75, 3.05) is 0 Å². The van der Waals surface area contributed by atoms with Crippen molar-refractivity contribution >= 4 is 16.6 Å². The second kappa shape index (κ2) is 6.07. The molecule has 0 radical (unpaired) electrons. The molecule has 6 rings (SSSR count). The zero-order valence-electron chi connectivity index (χ0n) is 15.8. The number of para-hydroxylation sites is 2. The molecule has 1 N–H and O–H groups in total. The SMILES string of the molecule is O=c1c2c(-c3noc(C4(O)CC4)n3)ncn2c2ccccc2n1Cc1ccccn1. The Hall–Kier alpha value is -3.85. The highest BCUT2D eigenvalue weighted by molar-refractivity contribution is 5.83. The molecular weight excluding hydrogens is 384 g/mol. The number of aliphatic hydroxyl groups is 1. The average Bonchev–Trinajstić information content (AvgIpc) is 3.19. The summed E-state index contributed by atoms with van der Waals surface area (Å²) in [5, 5.41) is 14.2. The average molecular weight is 400 g/mol. The van der Waals surface area contributed by atoms with Crippen LogP contribution < -0.4 is 5.56 Å². The van der Waals surface area contributed by atoms with E-state index in [1.54, 1.807) is 21.5 Å². The summed E-state index contributed by atoms with van der Waals surface area (Å²) in [6.45, 7) is 0.318. The number of rotatable bonds is 4. The van der Waals surface area contributed by atoms with Crippen molar-refractivity contribution in [3.8, 4) is 11.5 Å². The molecule has 9 heteroatoms. The van der Waals surface area contributed by atoms with E-state index in [0.29, 0.717) is 30.6 Å². The lowest BCUT2D eigenvalue weighted by molar-refractivity contribution is 0.108. The Balaban J connectivity index is 1.60. The molecule has 5 aromatic rings. The lowest BCUT2D eigenvalue weighted by Crippen LogP contribution is -2.24. The summed E-state index contributed by atoms with van der Waals surface area (Å²) in [4.78, 5) is 26.6. The minimum Gasteiger partial charge on any atom is -0.380 e. The van der Waals surface area contributed by atoms with Gasteiger partial charge in [-0.05, 0) is 37.1 Å². The quantitative estimate of drug-likeness (QED) is 0.492. The van der Waals surface area contributed by atoms with Crippen molar-refractivity contribution in [3.05, 3.63) is 76.9 Å². The molecule has 0 amide bonds. The molecule has 1 saturated carbocycles. The van der Waals surface area contributed by atoms with Crippen molar-refractivity contribution in [2.24, 2.45) is 0 Å². The van der Waals surface area contributed by atoms with E-state index in [4.69, 9.17) is 4.52 Å². The Morgan fingerprint density at radius 1 is 1.07 bits per heavy atom. The highest BCUT2D eigenvalue weighted by atomic mass is 16.5. The lowest BCUT2D eigenvalue weighted by Gasteiger charge is -2.12. The van der Waals surface area contributed by atoms with Crippen LogP contribution in [0.3, 0.4) is 0 Å². The van der Waals surface area contributed by atoms with Crippen LogP contribution in [0.2, 0.25) is 0 Å². The first-order valence-electron chi connectivity index (χ1n) is 9.59. The third kappa shape index (κ3) is 2.49. The molecule has 0 saturated heterocycles. The van der Waals surface area contributed by atoms with Gasteiger partial charge in [0.05, 0.1) is 23.3 Å². The molecular formula is C21H16N6O3. The van der Waals surface area contributed by atoms with Crippen LogP contribution in [0.5, 0.6) is 0 Å². The Morgan fingerprint density at radius 3 is 2.63 bits per heavy atom. The number of aromatic nitrogens is 6. The molecule has 1 aliphatic carbocycles. The third-order valence-corrected chi connectivity index (χ3v) is 5.45. The van der Waals surface area contributed by atoms with Gasteiger partial charge in [0.15, 0.2) is 0 Å². The fourth-order valence-corrected chi connectivity index (χ4v) is 3.68. The monoisotopic (exact) mass is 400 g/mol. The van der Waals surface area contributed by atoms with Gasteiger partial charge in [0.25, 0.3) is 11.4 Å². The van der Waals surface area contributed by atoms with Gasteiger partial charge >= 0.3 is 0 Å². The molecule has 1 aliphatic rings. The van der Waals surface area contributed by atoms with Gasteiger partial charge in [-0.2, -0.15) is 4.98 Å². The topological polar surface area (TPSA) is 111 Å². The number of hydrogen-bond donors (Lipinski definition) is 1. The van der Waals surface area contributed by atoms with E-state index in [1.165, 1.54) is 0 Å². The largest absolute Gasteiger partial charge is 0.380 e. The van der Waals surface area contributed by atoms with Crippen LogP contribution in [0.1, 0.15) is 24.4 Å². The summed E-state index contributed by atoms with van der Waals surface area (Å²) in [5.74, 6) is 0.345. The molecule has 4 heterocycles. The van der Waals surface area contributed by atoms with Crippen molar-refractivity contribution in [1.29, 1.82) is 0 Å². The first kappa shape index (κ1) is 17.0. The maximum Gasteiger partial charge on any atom is 0.278 e. The minimum absolute atomic E-state index is 0.160. The van der Waals surface area contributed by atoms with Gasteiger partial charge in [0.1, 0.15) is 23.1 Å². The zero-order valence-corrected chi connectivity index (χ0v) is 15.8. The van der Waals surface area contributed by atoms with E-state index in [0.717, 1.165) is 16.7 Å². The van der Waals surface area contributed by atoms with Crippen LogP contribution in [0, 0.1) is 0 Å². The number of imidazole rings is 1. The Morgan fingerprint density at radius 2 is 1.87 bits per heavy atom. The highest BCUT2D eigenvalue weighted by Gasteiger charge is 2.48. The van der Waals surface area contributed by atoms with E-state index in [2.05, 4.69) is 20.1 Å². The van der Waals surface area contributed by atoms with Gasteiger partial charge in [-0.15, -0.1) is 0 Å². The maximum absolute atomic E-state index is 13.6. The number of hydrogen-bond acceptors (Lipinski definition) is 7. The molecule has 9 nitrogen and oxygen atoms in total. The first-order valence-corrected chi connectivity index (χ1v) is 9.59. The van der Waals surface area contributed by atoms with E-state index in [1.807, 2.05) is 42.5 Å². The summed E-state index contributed by atoms with van der Waals surface area (Å²) in [7, 11) is 0. The summed E-state index contributed by atoms with van der Waals surface area (Å²) in [5.41, 5.74) is 1.75. The smallest absolute Gasteiger partial charge is 0.278 e. The fraction of sp³-hybridized carbons (Fsp3) is 0.190. The molecule has 1 aromatic carbocycles. The second-order valence-corrected chi connectivity index (χ2v) is 7.47. The second-order valence-electron chi connectivity index (χ2n) is 7.47. The predicted molar refractivity (Wildman–Crippen MR) is 107 cm³/mol. The molecule has 1 fully saturated rings. The zero-order chi connectivity index (χ0) is 20.3. The van der Waals surface area contributed by atoms with Crippen molar-refractivity contribution in [2.45, 2.75) is 25.0 Å². The minimum atomic E-state index is -1.05. The van der Waals surface area contributed by atoms with Crippen LogP contribution in [0.25, 0.3) is 28.1 Å². The Kier molecular flexibility index (Phi) is 3.45. The van der Waals surface area contributed by atoms with Crippen LogP contribution in [0.15, 0.2) is 64.3 Å². The van der Waals surface area contributed by atoms with Gasteiger partial charge in [-0.3, -0.25) is 18.7 Å². The summed E-state index contributed by atoms with van der Waals surface area (Å²) >= 11 is 0. The summed E-state index contributed by atoms with van der Waals surface area (Å²) < 4.78 is 8.65. The first-order chi connectivity index (χ1) is 14.6. The van der Waals surface area contributed by atoms with Crippen LogP contribution in [0.4, 0.5) is 0 Å². The number of nitrogens with zero attached hydrogens (tertiary/aromatic N) is 6. The highest BCUT2D eigenvalue weighted by Crippen LogP contribution is 2.44. The van der Waals surface area contributed by atoms with Crippen molar-refractivity contribution < 1.29 is 9.63 Å². The Bertz CT molecular complexity index is 1460. The summed E-state index contributed by atoms with van der Waals surface area (Å²) in [6, 6.07) is 13.2. The maximum atomic E-state index is 13.6. The van der Waals surface area contributed by atoms with Gasteiger partial charge in [-0.25, -0.2) is 4.98 Å². The van der Waals surface area contributed by atoms with Gasteiger partial charge < -0.3 is 9.63 Å². The molecule has 0 aliphatic heterocycles. The summed E-state index contributed by atoms with van der Waals surface area (Å²) in [6.07, 6.45) is 4.45. The standard InChI is InChI=1S/C21H16N6O3/c28-19-17-16(18-24-20(30-25-18)21(29)8-9-21)23-12-27(17)15-7-2-1-6-14(15)26(19)11-13-5-3-4-10-22-13/h1-7,10,12,29H,8-9,11H2. The number of fused-ring (bicyclic) bond motifs is 3. The van der Waals surface area contributed by atoms with E-state index in [-0.39, 0.29) is 17.3 Å². The predicted octanol–water partition coefficient (Wildman–Crippen LogP) is 2.12. The molecule has 0 bridgehead atoms. The molecule has 0 unspecified atom stereocenters. The normalized spacial score (nSPS) is 15.1. The van der Waals surface area contributed by atoms with Crippen molar-refractivity contribution in [1.82, 2.24) is 29.1 Å². The number of benzene rings is 1. The van der Waals surface area contributed by atoms with Crippen LogP contribution in [-0.4, -0.2) is 34.2 Å². The molecule has 30 heavy (non-hydrogen) atoms. The van der Waals surface area contributed by atoms with Crippen LogP contribution >= 0.6 is 0 Å². The molecule has 148 valence electrons. The van der Waals surface area contributed by atoms with E-state index in [9.17, 15) is 9.90 Å². The Labute approximate surface area is 169 Å². The van der Waals surface area contributed by atoms with Gasteiger partial charge in [0.2, 0.25) is 5.82 Å². The van der Waals surface area contributed by atoms with Gasteiger partial charge in [-0.1, -0.05) is 23.4 Å². The van der Waals surface area contributed by atoms with Crippen LogP contribution in [-0.2, 0) is 12.1 Å². The molecule has 0 spiro atoms. The fourth-order valence-electron chi connectivity index (χ4n) is 3.68. The van der Waals surface area contributed by atoms with E-state index >= 15 is 0 Å². The van der Waals surface area contributed by atoms with Gasteiger partial charge in [0, 0.05) is 6.20 Å². The lowest BCUT2D eigenvalue weighted by atomic mass is 10.2. The van der Waals surface area contributed by atoms with Crippen molar-refractivity contribution in [3.63, 3.8) is 0 Å². The van der Waals surface area contributed by atoms with E-state index < -0.39 is 5.60 Å².